The third-order valence-electron chi connectivity index (χ3n) is 5.45. The molecule has 3 aromatic carbocycles. The Morgan fingerprint density at radius 3 is 2.67 bits per heavy atom. The number of amides is 2. The van der Waals surface area contributed by atoms with Crippen molar-refractivity contribution in [3.63, 3.8) is 0 Å². The Balaban J connectivity index is 1.44. The van der Waals surface area contributed by atoms with E-state index >= 15 is 0 Å². The van der Waals surface area contributed by atoms with Crippen LogP contribution in [0.5, 0.6) is 5.75 Å². The van der Waals surface area contributed by atoms with Crippen LogP contribution in [0.4, 0.5) is 21.6 Å². The van der Waals surface area contributed by atoms with E-state index in [0.717, 1.165) is 0 Å². The zero-order valence-corrected chi connectivity index (χ0v) is 21.5. The highest BCUT2D eigenvalue weighted by molar-refractivity contribution is 6.32. The van der Waals surface area contributed by atoms with Gasteiger partial charge in [-0.2, -0.15) is 0 Å². The first-order valence-electron chi connectivity index (χ1n) is 11.8. The van der Waals surface area contributed by atoms with Crippen molar-refractivity contribution in [3.8, 4) is 5.75 Å². The van der Waals surface area contributed by atoms with Gasteiger partial charge in [0.2, 0.25) is 5.91 Å². The average Bonchev–Trinajstić information content (AvgIpc) is 2.92. The molecule has 0 aliphatic rings. The van der Waals surface area contributed by atoms with Crippen LogP contribution in [0.3, 0.4) is 0 Å². The van der Waals surface area contributed by atoms with Crippen LogP contribution in [-0.2, 0) is 20.9 Å². The molecule has 12 heteroatoms. The molecule has 1 heterocycles. The minimum Gasteiger partial charge on any atom is -0.487 e. The smallest absolute Gasteiger partial charge is 0.255 e. The van der Waals surface area contributed by atoms with E-state index < -0.39 is 17.9 Å². The maximum Gasteiger partial charge on any atom is 0.255 e. The van der Waals surface area contributed by atoms with Gasteiger partial charge in [0.05, 0.1) is 17.1 Å². The van der Waals surface area contributed by atoms with Gasteiger partial charge in [0.25, 0.3) is 5.91 Å². The number of aliphatic hydroxyl groups is 1. The number of hydrogen-bond donors (Lipinski definition) is 4. The molecular formula is C27H25ClFN5O5. The van der Waals surface area contributed by atoms with Crippen LogP contribution in [0.15, 0.2) is 67.0 Å². The number of fused-ring (bicyclic) bond motifs is 1. The third-order valence-corrected chi connectivity index (χ3v) is 5.75. The van der Waals surface area contributed by atoms with Gasteiger partial charge in [0.15, 0.2) is 0 Å². The second-order valence-corrected chi connectivity index (χ2v) is 8.79. The Bertz CT molecular complexity index is 1490. The first-order chi connectivity index (χ1) is 18.8. The standard InChI is InChI=1S/C27H25ClFN5O5/c1-38-14-25(36)30-12-23(35)27(37)34-18-5-7-22-20(10-18)26(32-15-31-22)33-19-6-8-24(21(28)11-19)39-13-16-3-2-4-17(29)9-16/h2-11,15,23,35H,12-14H2,1H3,(H,30,36)(H,34,37)(H,31,32,33). The first kappa shape index (κ1) is 27.7. The SMILES string of the molecule is COCC(=O)NCC(O)C(=O)Nc1ccc2ncnc(Nc3ccc(OCc4cccc(F)c4)c(Cl)c3)c2c1. The van der Waals surface area contributed by atoms with Crippen molar-refractivity contribution in [2.45, 2.75) is 12.7 Å². The second kappa shape index (κ2) is 13.0. The minimum absolute atomic E-state index is 0.156. The highest BCUT2D eigenvalue weighted by Crippen LogP contribution is 2.31. The van der Waals surface area contributed by atoms with Crippen molar-refractivity contribution >= 4 is 51.5 Å². The highest BCUT2D eigenvalue weighted by atomic mass is 35.5. The molecular weight excluding hydrogens is 529 g/mol. The molecule has 4 aromatic rings. The number of carbonyl (C=O) groups excluding carboxylic acids is 2. The van der Waals surface area contributed by atoms with E-state index in [-0.39, 0.29) is 25.6 Å². The van der Waals surface area contributed by atoms with Gasteiger partial charge in [0, 0.05) is 23.9 Å². The molecule has 1 unspecified atom stereocenters. The molecule has 2 amide bonds. The molecule has 39 heavy (non-hydrogen) atoms. The predicted molar refractivity (Wildman–Crippen MR) is 145 cm³/mol. The summed E-state index contributed by atoms with van der Waals surface area (Å²) >= 11 is 6.41. The summed E-state index contributed by atoms with van der Waals surface area (Å²) in [6, 6.07) is 16.2. The van der Waals surface area contributed by atoms with E-state index in [0.29, 0.717) is 44.4 Å². The average molecular weight is 554 g/mol. The van der Waals surface area contributed by atoms with Crippen LogP contribution in [-0.4, -0.2) is 53.3 Å². The molecule has 0 spiro atoms. The molecule has 0 saturated heterocycles. The Labute approximate surface area is 228 Å². The summed E-state index contributed by atoms with van der Waals surface area (Å²) < 4.78 is 23.8. The summed E-state index contributed by atoms with van der Waals surface area (Å²) in [5.74, 6) is -0.605. The molecule has 0 saturated carbocycles. The molecule has 0 fully saturated rings. The van der Waals surface area contributed by atoms with Gasteiger partial charge >= 0.3 is 0 Å². The molecule has 1 atom stereocenters. The van der Waals surface area contributed by atoms with Gasteiger partial charge in [-0.3, -0.25) is 9.59 Å². The summed E-state index contributed by atoms with van der Waals surface area (Å²) in [5.41, 5.74) is 2.30. The van der Waals surface area contributed by atoms with Gasteiger partial charge in [0.1, 0.15) is 43.0 Å². The lowest BCUT2D eigenvalue weighted by atomic mass is 10.2. The van der Waals surface area contributed by atoms with Crippen LogP contribution in [0.2, 0.25) is 5.02 Å². The molecule has 1 aromatic heterocycles. The number of aliphatic hydroxyl groups excluding tert-OH is 1. The fraction of sp³-hybridized carbons (Fsp3) is 0.185. The molecule has 4 N–H and O–H groups in total. The van der Waals surface area contributed by atoms with Gasteiger partial charge in [-0.15, -0.1) is 0 Å². The van der Waals surface area contributed by atoms with Crippen molar-refractivity contribution < 1.29 is 28.6 Å². The van der Waals surface area contributed by atoms with Crippen LogP contribution >= 0.6 is 11.6 Å². The second-order valence-electron chi connectivity index (χ2n) is 8.39. The Kier molecular flexibility index (Phi) is 9.21. The lowest BCUT2D eigenvalue weighted by Gasteiger charge is -2.14. The first-order valence-corrected chi connectivity index (χ1v) is 12.1. The molecule has 0 radical (unpaired) electrons. The topological polar surface area (TPSA) is 135 Å². The van der Waals surface area contributed by atoms with Crippen molar-refractivity contribution in [1.29, 1.82) is 0 Å². The number of hydrogen-bond acceptors (Lipinski definition) is 8. The number of nitrogens with one attached hydrogen (secondary N) is 3. The number of benzene rings is 3. The Morgan fingerprint density at radius 1 is 1.08 bits per heavy atom. The zero-order valence-electron chi connectivity index (χ0n) is 20.8. The Hall–Kier alpha value is -4.32. The number of halogens is 2. The number of anilines is 3. The molecule has 10 nitrogen and oxygen atoms in total. The number of nitrogens with zero attached hydrogens (tertiary/aromatic N) is 2. The third kappa shape index (κ3) is 7.60. The van der Waals surface area contributed by atoms with Crippen molar-refractivity contribution in [2.24, 2.45) is 0 Å². The summed E-state index contributed by atoms with van der Waals surface area (Å²) in [4.78, 5) is 32.4. The number of methoxy groups -OCH3 is 1. The normalized spacial score (nSPS) is 11.6. The van der Waals surface area contributed by atoms with E-state index in [1.165, 1.54) is 25.6 Å². The minimum atomic E-state index is -1.46. The largest absolute Gasteiger partial charge is 0.487 e. The summed E-state index contributed by atoms with van der Waals surface area (Å²) in [5, 5.41) is 19.2. The highest BCUT2D eigenvalue weighted by Gasteiger charge is 2.17. The zero-order chi connectivity index (χ0) is 27.8. The van der Waals surface area contributed by atoms with Gasteiger partial charge in [-0.25, -0.2) is 14.4 Å². The monoisotopic (exact) mass is 553 g/mol. The maximum atomic E-state index is 13.4. The van der Waals surface area contributed by atoms with Crippen molar-refractivity contribution in [3.05, 3.63) is 83.4 Å². The van der Waals surface area contributed by atoms with Crippen molar-refractivity contribution in [1.82, 2.24) is 15.3 Å². The molecule has 0 aliphatic carbocycles. The van der Waals surface area contributed by atoms with Gasteiger partial charge < -0.3 is 30.5 Å². The van der Waals surface area contributed by atoms with Crippen molar-refractivity contribution in [2.75, 3.05) is 30.9 Å². The fourth-order valence-corrected chi connectivity index (χ4v) is 3.80. The summed E-state index contributed by atoms with van der Waals surface area (Å²) in [6.07, 6.45) is -0.0668. The van der Waals surface area contributed by atoms with Gasteiger partial charge in [-0.1, -0.05) is 23.7 Å². The number of carbonyl (C=O) groups is 2. The lowest BCUT2D eigenvalue weighted by molar-refractivity contribution is -0.127. The molecule has 4 rings (SSSR count). The summed E-state index contributed by atoms with van der Waals surface area (Å²) in [7, 11) is 1.37. The number of ether oxygens (including phenoxy) is 2. The number of aromatic nitrogens is 2. The van der Waals surface area contributed by atoms with E-state index in [2.05, 4.69) is 25.9 Å². The fourth-order valence-electron chi connectivity index (χ4n) is 3.57. The van der Waals surface area contributed by atoms with Crippen LogP contribution in [0, 0.1) is 5.82 Å². The van der Waals surface area contributed by atoms with E-state index in [9.17, 15) is 19.1 Å². The molecule has 0 aliphatic heterocycles. The quantitative estimate of drug-likeness (QED) is 0.220. The van der Waals surface area contributed by atoms with Crippen LogP contribution < -0.4 is 20.7 Å². The number of rotatable bonds is 11. The molecule has 202 valence electrons. The predicted octanol–water partition coefficient (Wildman–Crippen LogP) is 3.81. The van der Waals surface area contributed by atoms with Gasteiger partial charge in [-0.05, 0) is 54.1 Å². The van der Waals surface area contributed by atoms with Crippen LogP contribution in [0.1, 0.15) is 5.56 Å². The Morgan fingerprint density at radius 2 is 1.90 bits per heavy atom. The van der Waals surface area contributed by atoms with E-state index in [1.54, 1.807) is 48.5 Å². The summed E-state index contributed by atoms with van der Waals surface area (Å²) in [6.45, 7) is -0.283. The van der Waals surface area contributed by atoms with Crippen LogP contribution in [0.25, 0.3) is 10.9 Å². The maximum absolute atomic E-state index is 13.4. The lowest BCUT2D eigenvalue weighted by Crippen LogP contribution is -2.40. The van der Waals surface area contributed by atoms with E-state index in [4.69, 9.17) is 21.1 Å². The van der Waals surface area contributed by atoms with E-state index in [1.807, 2.05) is 0 Å². The molecule has 0 bridgehead atoms.